The van der Waals surface area contributed by atoms with E-state index in [9.17, 15) is 19.2 Å². The van der Waals surface area contributed by atoms with Crippen molar-refractivity contribution in [3.05, 3.63) is 43.8 Å². The molecule has 6 nitrogen and oxygen atoms in total. The van der Waals surface area contributed by atoms with Crippen molar-refractivity contribution in [3.63, 3.8) is 0 Å². The van der Waals surface area contributed by atoms with Crippen LogP contribution in [0.2, 0.25) is 0 Å². The molecule has 2 rings (SSSR count). The first-order valence-electron chi connectivity index (χ1n) is 8.46. The van der Waals surface area contributed by atoms with E-state index in [1.807, 2.05) is 19.1 Å². The van der Waals surface area contributed by atoms with E-state index in [1.54, 1.807) is 12.1 Å². The number of amides is 1. The lowest BCUT2D eigenvalue weighted by Gasteiger charge is -2.03. The molecule has 27 heavy (non-hydrogen) atoms. The van der Waals surface area contributed by atoms with Crippen LogP contribution in [0.5, 0.6) is 0 Å². The second-order valence-electron chi connectivity index (χ2n) is 5.92. The van der Waals surface area contributed by atoms with Gasteiger partial charge in [-0.15, -0.1) is 22.7 Å². The zero-order valence-electron chi connectivity index (χ0n) is 15.2. The van der Waals surface area contributed by atoms with E-state index < -0.39 is 5.97 Å². The summed E-state index contributed by atoms with van der Waals surface area (Å²) >= 11 is 2.71. The molecule has 0 aliphatic carbocycles. The van der Waals surface area contributed by atoms with Gasteiger partial charge in [0, 0.05) is 29.6 Å². The number of carbonyl (C=O) groups excluding carboxylic acids is 4. The maximum absolute atomic E-state index is 12.1. The largest absolute Gasteiger partial charge is 0.457 e. The molecule has 0 aliphatic rings. The van der Waals surface area contributed by atoms with Crippen LogP contribution in [-0.4, -0.2) is 36.6 Å². The van der Waals surface area contributed by atoms with Gasteiger partial charge in [-0.25, -0.2) is 0 Å². The summed E-state index contributed by atoms with van der Waals surface area (Å²) in [7, 11) is 0. The lowest BCUT2D eigenvalue weighted by molar-refractivity contribution is -0.142. The van der Waals surface area contributed by atoms with E-state index >= 15 is 0 Å². The molecule has 0 atom stereocenters. The van der Waals surface area contributed by atoms with Crippen molar-refractivity contribution in [3.8, 4) is 0 Å². The summed E-state index contributed by atoms with van der Waals surface area (Å²) in [5, 5.41) is 2.70. The number of thiophene rings is 2. The number of hydrogen-bond acceptors (Lipinski definition) is 7. The summed E-state index contributed by atoms with van der Waals surface area (Å²) in [5.74, 6) is -1.03. The van der Waals surface area contributed by atoms with Gasteiger partial charge in [-0.1, -0.05) is 0 Å². The molecule has 0 bridgehead atoms. The fraction of sp³-hybridized carbons (Fsp3) is 0.368. The fourth-order valence-corrected chi connectivity index (χ4v) is 4.00. The minimum absolute atomic E-state index is 0.0462. The standard InChI is InChI=1S/C19H21NO5S2/c1-12-3-6-17(26-12)15(22)5-8-19(24)25-11-16(23)18-7-4-14(27-18)9-10-20-13(2)21/h3-4,6-7H,5,8-11H2,1-2H3,(H,20,21). The highest BCUT2D eigenvalue weighted by Gasteiger charge is 2.15. The maximum atomic E-state index is 12.1. The molecule has 8 heteroatoms. The second kappa shape index (κ2) is 10.1. The normalized spacial score (nSPS) is 10.4. The number of ketones is 2. The second-order valence-corrected chi connectivity index (χ2v) is 8.37. The Morgan fingerprint density at radius 3 is 2.33 bits per heavy atom. The van der Waals surface area contributed by atoms with E-state index in [0.717, 1.165) is 9.75 Å². The van der Waals surface area contributed by atoms with Crippen molar-refractivity contribution >= 4 is 46.1 Å². The Bertz CT molecular complexity index is 837. The number of esters is 1. The third kappa shape index (κ3) is 7.07. The molecule has 0 spiro atoms. The number of rotatable bonds is 10. The average Bonchev–Trinajstić information content (AvgIpc) is 3.26. The van der Waals surface area contributed by atoms with E-state index in [0.29, 0.717) is 22.7 Å². The predicted molar refractivity (Wildman–Crippen MR) is 105 cm³/mol. The highest BCUT2D eigenvalue weighted by Crippen LogP contribution is 2.19. The van der Waals surface area contributed by atoms with Crippen LogP contribution in [0, 0.1) is 6.92 Å². The Morgan fingerprint density at radius 2 is 1.67 bits per heavy atom. The minimum atomic E-state index is -0.563. The van der Waals surface area contributed by atoms with Crippen molar-refractivity contribution < 1.29 is 23.9 Å². The van der Waals surface area contributed by atoms with Gasteiger partial charge in [0.15, 0.2) is 12.4 Å². The van der Waals surface area contributed by atoms with Crippen LogP contribution in [-0.2, 0) is 20.7 Å². The molecule has 1 amide bonds. The summed E-state index contributed by atoms with van der Waals surface area (Å²) in [5.41, 5.74) is 0. The zero-order chi connectivity index (χ0) is 19.8. The zero-order valence-corrected chi connectivity index (χ0v) is 16.8. The van der Waals surface area contributed by atoms with Gasteiger partial charge in [0.25, 0.3) is 0 Å². The SMILES string of the molecule is CC(=O)NCCc1ccc(C(=O)COC(=O)CCC(=O)c2ccc(C)s2)s1. The highest BCUT2D eigenvalue weighted by molar-refractivity contribution is 7.14. The number of aryl methyl sites for hydroxylation is 1. The summed E-state index contributed by atoms with van der Waals surface area (Å²) < 4.78 is 4.98. The monoisotopic (exact) mass is 407 g/mol. The molecule has 0 unspecified atom stereocenters. The van der Waals surface area contributed by atoms with Crippen LogP contribution in [0.15, 0.2) is 24.3 Å². The van der Waals surface area contributed by atoms with E-state index in [2.05, 4.69) is 5.32 Å². The van der Waals surface area contributed by atoms with Gasteiger partial charge in [-0.05, 0) is 37.6 Å². The Balaban J connectivity index is 1.71. The quantitative estimate of drug-likeness (QED) is 0.483. The van der Waals surface area contributed by atoms with Crippen LogP contribution in [0.1, 0.15) is 48.9 Å². The van der Waals surface area contributed by atoms with Gasteiger partial charge >= 0.3 is 5.97 Å². The highest BCUT2D eigenvalue weighted by atomic mass is 32.1. The van der Waals surface area contributed by atoms with Crippen LogP contribution in [0.4, 0.5) is 0 Å². The van der Waals surface area contributed by atoms with Gasteiger partial charge in [0.1, 0.15) is 0 Å². The lowest BCUT2D eigenvalue weighted by Crippen LogP contribution is -2.22. The Morgan fingerprint density at radius 1 is 0.963 bits per heavy atom. The van der Waals surface area contributed by atoms with Crippen molar-refractivity contribution in [2.45, 2.75) is 33.1 Å². The Kier molecular flexibility index (Phi) is 7.87. The molecule has 0 saturated heterocycles. The molecule has 0 fully saturated rings. The van der Waals surface area contributed by atoms with Crippen molar-refractivity contribution in [2.75, 3.05) is 13.2 Å². The van der Waals surface area contributed by atoms with Crippen molar-refractivity contribution in [2.24, 2.45) is 0 Å². The van der Waals surface area contributed by atoms with Gasteiger partial charge in [-0.2, -0.15) is 0 Å². The number of Topliss-reactive ketones (excluding diaryl/α,β-unsaturated/α-hetero) is 2. The molecule has 2 heterocycles. The third-order valence-electron chi connectivity index (χ3n) is 3.62. The minimum Gasteiger partial charge on any atom is -0.457 e. The predicted octanol–water partition coefficient (Wildman–Crippen LogP) is 3.19. The number of hydrogen-bond donors (Lipinski definition) is 1. The maximum Gasteiger partial charge on any atom is 0.306 e. The van der Waals surface area contributed by atoms with E-state index in [-0.39, 0.29) is 36.9 Å². The van der Waals surface area contributed by atoms with Gasteiger partial charge < -0.3 is 10.1 Å². The van der Waals surface area contributed by atoms with Crippen LogP contribution < -0.4 is 5.32 Å². The van der Waals surface area contributed by atoms with Gasteiger partial charge in [0.05, 0.1) is 16.2 Å². The molecular weight excluding hydrogens is 386 g/mol. The topological polar surface area (TPSA) is 89.5 Å². The molecule has 2 aromatic rings. The molecule has 0 saturated carbocycles. The number of carbonyl (C=O) groups is 4. The van der Waals surface area contributed by atoms with Gasteiger partial charge in [0.2, 0.25) is 11.7 Å². The molecule has 1 N–H and O–H groups in total. The lowest BCUT2D eigenvalue weighted by atomic mass is 10.2. The molecule has 2 aromatic heterocycles. The summed E-state index contributed by atoms with van der Waals surface area (Å²) in [6.45, 7) is 3.54. The number of nitrogens with one attached hydrogen (secondary N) is 1. The average molecular weight is 408 g/mol. The van der Waals surface area contributed by atoms with E-state index in [1.165, 1.54) is 29.6 Å². The first-order chi connectivity index (χ1) is 12.8. The van der Waals surface area contributed by atoms with E-state index in [4.69, 9.17) is 4.74 Å². The van der Waals surface area contributed by atoms with Crippen molar-refractivity contribution in [1.29, 1.82) is 0 Å². The van der Waals surface area contributed by atoms with Crippen LogP contribution >= 0.6 is 22.7 Å². The van der Waals surface area contributed by atoms with Crippen molar-refractivity contribution in [1.82, 2.24) is 5.32 Å². The smallest absolute Gasteiger partial charge is 0.306 e. The molecular formula is C19H21NO5S2. The van der Waals surface area contributed by atoms with Crippen LogP contribution in [0.25, 0.3) is 0 Å². The third-order valence-corrected chi connectivity index (χ3v) is 5.85. The molecule has 0 radical (unpaired) electrons. The first kappa shape index (κ1) is 21.0. The van der Waals surface area contributed by atoms with Crippen LogP contribution in [0.3, 0.4) is 0 Å². The molecule has 144 valence electrons. The molecule has 0 aromatic carbocycles. The Labute approximate surface area is 165 Å². The number of ether oxygens (including phenoxy) is 1. The fourth-order valence-electron chi connectivity index (χ4n) is 2.24. The summed E-state index contributed by atoms with van der Waals surface area (Å²) in [6, 6.07) is 7.12. The van der Waals surface area contributed by atoms with Gasteiger partial charge in [-0.3, -0.25) is 19.2 Å². The molecule has 0 aliphatic heterocycles. The summed E-state index contributed by atoms with van der Waals surface area (Å²) in [6.07, 6.45) is 0.663. The summed E-state index contributed by atoms with van der Waals surface area (Å²) in [4.78, 5) is 49.8. The first-order valence-corrected chi connectivity index (χ1v) is 10.1. The Hall–Kier alpha value is -2.32.